The van der Waals surface area contributed by atoms with Gasteiger partial charge in [0.15, 0.2) is 5.78 Å². The molecule has 9 heteroatoms. The van der Waals surface area contributed by atoms with Gasteiger partial charge in [0.05, 0.1) is 41.0 Å². The second-order valence-corrected chi connectivity index (χ2v) is 7.90. The first-order valence-electron chi connectivity index (χ1n) is 9.70. The van der Waals surface area contributed by atoms with Crippen molar-refractivity contribution < 1.29 is 9.90 Å². The number of rotatable bonds is 5. The van der Waals surface area contributed by atoms with Crippen LogP contribution < -0.4 is 5.73 Å². The number of hydrogen-bond donors (Lipinski definition) is 2. The minimum absolute atomic E-state index is 0.126. The number of benzene rings is 2. The van der Waals surface area contributed by atoms with Gasteiger partial charge in [0.1, 0.15) is 5.01 Å². The van der Waals surface area contributed by atoms with Crippen LogP contribution in [0, 0.1) is 22.7 Å². The Bertz CT molecular complexity index is 1030. The topological polar surface area (TPSA) is 124 Å². The lowest BCUT2D eigenvalue weighted by Crippen LogP contribution is -2.04. The van der Waals surface area contributed by atoms with Crippen molar-refractivity contribution in [2.24, 2.45) is 5.73 Å². The number of thiazole rings is 1. The number of nitrogens with two attached hydrogens (primary N) is 1. The summed E-state index contributed by atoms with van der Waals surface area (Å²) in [6, 6.07) is 23.1. The smallest absolute Gasteiger partial charge is 0.173 e. The molecule has 3 N–H and O–H groups in total. The van der Waals surface area contributed by atoms with E-state index in [4.69, 9.17) is 21.4 Å². The van der Waals surface area contributed by atoms with Crippen LogP contribution in [0.5, 0.6) is 0 Å². The average Bonchev–Trinajstić information content (AvgIpc) is 3.30. The minimum Gasteiger partial charge on any atom is -0.397 e. The molecule has 0 unspecified atom stereocenters. The van der Waals surface area contributed by atoms with Crippen LogP contribution in [0.3, 0.4) is 0 Å². The van der Waals surface area contributed by atoms with Crippen molar-refractivity contribution in [3.63, 3.8) is 0 Å². The molecule has 0 saturated heterocycles. The van der Waals surface area contributed by atoms with Crippen LogP contribution in [-0.2, 0) is 6.42 Å². The van der Waals surface area contributed by atoms with Crippen molar-refractivity contribution in [2.75, 3.05) is 11.9 Å². The fourth-order valence-corrected chi connectivity index (χ4v) is 3.10. The Hall–Kier alpha value is -2.95. The Morgan fingerprint density at radius 2 is 1.67 bits per heavy atom. The zero-order chi connectivity index (χ0) is 24.9. The van der Waals surface area contributed by atoms with E-state index >= 15 is 0 Å². The third kappa shape index (κ3) is 14.7. The van der Waals surface area contributed by atoms with Crippen molar-refractivity contribution in [3.05, 3.63) is 76.6 Å². The van der Waals surface area contributed by atoms with Crippen LogP contribution >= 0.6 is 39.5 Å². The zero-order valence-electron chi connectivity index (χ0n) is 18.1. The molecule has 3 rings (SSSR count). The molecule has 0 aliphatic heterocycles. The molecule has 0 spiro atoms. The highest BCUT2D eigenvalue weighted by Gasteiger charge is 2.02. The number of Topliss-reactive ketones (excluding diaryl/α,β-unsaturated/α-hetero) is 1. The monoisotopic (exact) mass is 544 g/mol. The lowest BCUT2D eigenvalue weighted by atomic mass is 10.2. The number of ketones is 1. The number of thiocarbonyl (C=S) groups is 1. The van der Waals surface area contributed by atoms with Crippen molar-refractivity contribution in [1.29, 1.82) is 10.5 Å². The number of halogens is 1. The third-order valence-corrected chi connectivity index (χ3v) is 4.82. The first-order valence-corrected chi connectivity index (χ1v) is 12.1. The first kappa shape index (κ1) is 30.0. The van der Waals surface area contributed by atoms with E-state index in [0.717, 1.165) is 21.8 Å². The number of carbonyl (C=O) groups is 1. The number of nitriles is 2. The Morgan fingerprint density at radius 1 is 1.12 bits per heavy atom. The molecule has 0 radical (unpaired) electrons. The number of aliphatic hydroxyl groups excluding tert-OH is 1. The van der Waals surface area contributed by atoms with Crippen molar-refractivity contribution in [3.8, 4) is 23.4 Å². The van der Waals surface area contributed by atoms with Gasteiger partial charge in [-0.1, -0.05) is 88.8 Å². The summed E-state index contributed by atoms with van der Waals surface area (Å²) in [5.74, 6) is 0.126. The normalized spacial score (nSPS) is 8.64. The average molecular weight is 546 g/mol. The lowest BCUT2D eigenvalue weighted by molar-refractivity contribution is 0.102. The van der Waals surface area contributed by atoms with Gasteiger partial charge in [-0.3, -0.25) is 4.79 Å². The van der Waals surface area contributed by atoms with Gasteiger partial charge in [-0.2, -0.15) is 10.5 Å². The van der Waals surface area contributed by atoms with Crippen LogP contribution in [0.1, 0.15) is 28.7 Å². The van der Waals surface area contributed by atoms with Crippen LogP contribution in [-0.4, -0.2) is 32.8 Å². The maximum atomic E-state index is 11.0. The van der Waals surface area contributed by atoms with E-state index in [9.17, 15) is 4.79 Å². The van der Waals surface area contributed by atoms with Gasteiger partial charge in [0.2, 0.25) is 0 Å². The molecule has 172 valence electrons. The van der Waals surface area contributed by atoms with Gasteiger partial charge >= 0.3 is 0 Å². The molecule has 0 aliphatic carbocycles. The molecular formula is C24H25BrN4O2S2. The highest BCUT2D eigenvalue weighted by atomic mass is 79.9. The van der Waals surface area contributed by atoms with Gasteiger partial charge in [-0.25, -0.2) is 4.98 Å². The molecular weight excluding hydrogens is 520 g/mol. The number of carbonyl (C=O) groups excluding carboxylic acids is 1. The standard InChI is InChI=1S/C11H8N2S.C8H7BrO.C3H4N2S.C2H6O/c12-7-6-11-13-10(8-14-11)9-4-2-1-3-5-9;9-6-8(10)7-4-2-1-3-5-7;4-2-1-3(5)6;1-2-3/h1-5,8H,6H2;1-5H,6H2;1H2,(H2,5,6);3H,2H2,1H3. The zero-order valence-corrected chi connectivity index (χ0v) is 21.4. The molecule has 0 saturated carbocycles. The molecule has 1 aromatic heterocycles. The van der Waals surface area contributed by atoms with E-state index in [-0.39, 0.29) is 23.8 Å². The minimum atomic E-state index is 0.126. The second-order valence-electron chi connectivity index (χ2n) is 5.87. The quantitative estimate of drug-likeness (QED) is 0.252. The van der Waals surface area contributed by atoms with E-state index in [0.29, 0.717) is 11.8 Å². The van der Waals surface area contributed by atoms with Crippen LogP contribution in [0.4, 0.5) is 0 Å². The number of nitrogens with zero attached hydrogens (tertiary/aromatic N) is 3. The summed E-state index contributed by atoms with van der Waals surface area (Å²) in [5.41, 5.74) is 7.74. The summed E-state index contributed by atoms with van der Waals surface area (Å²) in [4.78, 5) is 15.6. The fourth-order valence-electron chi connectivity index (χ4n) is 1.98. The molecule has 2 aromatic carbocycles. The van der Waals surface area contributed by atoms with Crippen LogP contribution in [0.2, 0.25) is 0 Å². The van der Waals surface area contributed by atoms with Gasteiger partial charge in [-0.05, 0) is 6.92 Å². The highest BCUT2D eigenvalue weighted by molar-refractivity contribution is 9.09. The summed E-state index contributed by atoms with van der Waals surface area (Å²) in [6.07, 6.45) is 0.590. The predicted molar refractivity (Wildman–Crippen MR) is 141 cm³/mol. The summed E-state index contributed by atoms with van der Waals surface area (Å²) >= 11 is 8.99. The Kier molecular flexibility index (Phi) is 18.0. The summed E-state index contributed by atoms with van der Waals surface area (Å²) in [7, 11) is 0. The molecule has 3 aromatic rings. The van der Waals surface area contributed by atoms with Crippen LogP contribution in [0.25, 0.3) is 11.3 Å². The van der Waals surface area contributed by atoms with Crippen molar-refractivity contribution in [1.82, 2.24) is 4.98 Å². The number of alkyl halides is 1. The number of aliphatic hydroxyl groups is 1. The number of hydrogen-bond acceptors (Lipinski definition) is 7. The molecule has 33 heavy (non-hydrogen) atoms. The molecule has 0 fully saturated rings. The van der Waals surface area contributed by atoms with Crippen molar-refractivity contribution in [2.45, 2.75) is 19.8 Å². The van der Waals surface area contributed by atoms with E-state index in [2.05, 4.69) is 39.2 Å². The molecule has 0 amide bonds. The van der Waals surface area contributed by atoms with Gasteiger partial charge in [0, 0.05) is 23.1 Å². The number of aromatic nitrogens is 1. The van der Waals surface area contributed by atoms with E-state index in [1.54, 1.807) is 13.0 Å². The maximum absolute atomic E-state index is 11.0. The maximum Gasteiger partial charge on any atom is 0.173 e. The summed E-state index contributed by atoms with van der Waals surface area (Å²) < 4.78 is 0. The Morgan fingerprint density at radius 3 is 2.09 bits per heavy atom. The molecule has 1 heterocycles. The first-order chi connectivity index (χ1) is 15.9. The second kappa shape index (κ2) is 19.7. The molecule has 6 nitrogen and oxygen atoms in total. The predicted octanol–water partition coefficient (Wildman–Crippen LogP) is 5.33. The molecule has 0 aliphatic rings. The van der Waals surface area contributed by atoms with Gasteiger partial charge in [0.25, 0.3) is 0 Å². The summed E-state index contributed by atoms with van der Waals surface area (Å²) in [6.45, 7) is 1.93. The van der Waals surface area contributed by atoms with E-state index in [1.165, 1.54) is 11.3 Å². The van der Waals surface area contributed by atoms with Gasteiger partial charge in [-0.15, -0.1) is 11.3 Å². The van der Waals surface area contributed by atoms with Crippen molar-refractivity contribution >= 4 is 50.3 Å². The van der Waals surface area contributed by atoms with Crippen LogP contribution in [0.15, 0.2) is 66.0 Å². The molecule has 0 atom stereocenters. The SMILES string of the molecule is CCO.N#CCC(N)=S.N#CCc1nc(-c2ccccc2)cs1.O=C(CBr)c1ccccc1. The largest absolute Gasteiger partial charge is 0.397 e. The third-order valence-electron chi connectivity index (χ3n) is 3.32. The van der Waals surface area contributed by atoms with E-state index < -0.39 is 0 Å². The van der Waals surface area contributed by atoms with E-state index in [1.807, 2.05) is 66.0 Å². The highest BCUT2D eigenvalue weighted by Crippen LogP contribution is 2.21. The fraction of sp³-hybridized carbons (Fsp3) is 0.208. The van der Waals surface area contributed by atoms with Gasteiger partial charge < -0.3 is 10.8 Å². The summed E-state index contributed by atoms with van der Waals surface area (Å²) in [5, 5.41) is 27.2. The lowest BCUT2D eigenvalue weighted by Gasteiger charge is -1.93. The Labute approximate surface area is 212 Å². The Balaban J connectivity index is 0.000000472. The molecule has 0 bridgehead atoms.